The largest absolute Gasteiger partial charge is 0.479 e. The summed E-state index contributed by atoms with van der Waals surface area (Å²) in [5, 5.41) is 15.6. The number of hydrogen-bond donors (Lipinski definition) is 3. The third-order valence-corrected chi connectivity index (χ3v) is 2.86. The van der Waals surface area contributed by atoms with E-state index in [1.54, 1.807) is 32.7 Å². The number of aromatic amines is 1. The molecule has 0 aliphatic rings. The first-order valence-electron chi connectivity index (χ1n) is 6.18. The topological polar surface area (TPSA) is 116 Å². The summed E-state index contributed by atoms with van der Waals surface area (Å²) >= 11 is 0. The average Bonchev–Trinajstić information content (AvgIpc) is 3.06. The number of aliphatic carboxylic acids is 1. The zero-order valence-electron chi connectivity index (χ0n) is 11.6. The molecule has 0 saturated carbocycles. The van der Waals surface area contributed by atoms with Crippen LogP contribution in [0.25, 0.3) is 0 Å². The summed E-state index contributed by atoms with van der Waals surface area (Å²) in [6.45, 7) is 0.248. The van der Waals surface area contributed by atoms with E-state index in [4.69, 9.17) is 0 Å². The van der Waals surface area contributed by atoms with Crippen LogP contribution in [0.3, 0.4) is 0 Å². The van der Waals surface area contributed by atoms with Gasteiger partial charge in [-0.05, 0) is 0 Å². The number of carbonyl (C=O) groups is 2. The van der Waals surface area contributed by atoms with Crippen molar-refractivity contribution >= 4 is 12.0 Å². The van der Waals surface area contributed by atoms with Crippen LogP contribution in [0.1, 0.15) is 17.4 Å². The molecule has 9 nitrogen and oxygen atoms in total. The molecule has 0 bridgehead atoms. The van der Waals surface area contributed by atoms with Gasteiger partial charge in [0.05, 0.1) is 12.7 Å². The molecule has 0 radical (unpaired) electrons. The zero-order valence-corrected chi connectivity index (χ0v) is 11.6. The molecular weight excluding hydrogens is 276 g/mol. The van der Waals surface area contributed by atoms with Gasteiger partial charge in [-0.1, -0.05) is 0 Å². The lowest BCUT2D eigenvalue weighted by atomic mass is 10.1. The molecule has 2 aromatic rings. The lowest BCUT2D eigenvalue weighted by Gasteiger charge is -2.20. The van der Waals surface area contributed by atoms with E-state index in [0.717, 1.165) is 0 Å². The standard InChI is InChI=1S/C12H16N6O3/c1-17(7-9-13-3-4-14-9)12(21)16-10(11(19)20)8-5-15-18(2)6-8/h3-6,10H,7H2,1-2H3,(H,13,14)(H,16,21)(H,19,20). The monoisotopic (exact) mass is 292 g/mol. The molecule has 2 amide bonds. The van der Waals surface area contributed by atoms with Crippen LogP contribution in [0.5, 0.6) is 0 Å². The van der Waals surface area contributed by atoms with Crippen molar-refractivity contribution < 1.29 is 14.7 Å². The Morgan fingerprint density at radius 2 is 2.33 bits per heavy atom. The first kappa shape index (κ1) is 14.6. The number of imidazole rings is 1. The first-order chi connectivity index (χ1) is 9.97. The molecule has 0 aromatic carbocycles. The summed E-state index contributed by atoms with van der Waals surface area (Å²) in [5.74, 6) is -0.538. The maximum atomic E-state index is 12.0. The van der Waals surface area contributed by atoms with Crippen molar-refractivity contribution in [3.05, 3.63) is 36.2 Å². The minimum Gasteiger partial charge on any atom is -0.479 e. The van der Waals surface area contributed by atoms with Crippen molar-refractivity contribution in [2.24, 2.45) is 7.05 Å². The zero-order chi connectivity index (χ0) is 15.4. The number of aromatic nitrogens is 4. The van der Waals surface area contributed by atoms with E-state index in [9.17, 15) is 14.7 Å². The Balaban J connectivity index is 2.03. The molecule has 2 aromatic heterocycles. The van der Waals surface area contributed by atoms with Crippen LogP contribution < -0.4 is 5.32 Å². The van der Waals surface area contributed by atoms with Crippen molar-refractivity contribution in [3.63, 3.8) is 0 Å². The summed E-state index contributed by atoms with van der Waals surface area (Å²) in [6.07, 6.45) is 6.19. The Labute approximate surface area is 120 Å². The summed E-state index contributed by atoms with van der Waals surface area (Å²) in [7, 11) is 3.23. The molecule has 3 N–H and O–H groups in total. The third kappa shape index (κ3) is 3.59. The van der Waals surface area contributed by atoms with Gasteiger partial charge in [-0.15, -0.1) is 0 Å². The van der Waals surface area contributed by atoms with Gasteiger partial charge in [-0.25, -0.2) is 14.6 Å². The summed E-state index contributed by atoms with van der Waals surface area (Å²) < 4.78 is 1.48. The van der Waals surface area contributed by atoms with Crippen LogP contribution in [-0.4, -0.2) is 48.8 Å². The molecule has 0 aliphatic heterocycles. The van der Waals surface area contributed by atoms with E-state index in [1.165, 1.54) is 15.8 Å². The van der Waals surface area contributed by atoms with Gasteiger partial charge < -0.3 is 20.3 Å². The van der Waals surface area contributed by atoms with E-state index in [1.807, 2.05) is 0 Å². The highest BCUT2D eigenvalue weighted by Gasteiger charge is 2.25. The Hall–Kier alpha value is -2.84. The van der Waals surface area contributed by atoms with Gasteiger partial charge >= 0.3 is 12.0 Å². The highest BCUT2D eigenvalue weighted by atomic mass is 16.4. The molecule has 21 heavy (non-hydrogen) atoms. The molecular formula is C12H16N6O3. The Bertz CT molecular complexity index is 621. The number of aryl methyl sites for hydroxylation is 1. The number of carbonyl (C=O) groups excluding carboxylic acids is 1. The Morgan fingerprint density at radius 1 is 1.57 bits per heavy atom. The van der Waals surface area contributed by atoms with E-state index in [0.29, 0.717) is 11.4 Å². The molecule has 9 heteroatoms. The number of hydrogen-bond acceptors (Lipinski definition) is 4. The third-order valence-electron chi connectivity index (χ3n) is 2.86. The molecule has 1 unspecified atom stereocenters. The van der Waals surface area contributed by atoms with Crippen molar-refractivity contribution in [1.82, 2.24) is 30.0 Å². The first-order valence-corrected chi connectivity index (χ1v) is 6.18. The fraction of sp³-hybridized carbons (Fsp3) is 0.333. The predicted octanol–water partition coefficient (Wildman–Crippen LogP) is 0.111. The number of carboxylic acid groups (broad SMARTS) is 1. The van der Waals surface area contributed by atoms with Crippen molar-refractivity contribution in [1.29, 1.82) is 0 Å². The maximum absolute atomic E-state index is 12.0. The summed E-state index contributed by atoms with van der Waals surface area (Å²) in [4.78, 5) is 31.6. The summed E-state index contributed by atoms with van der Waals surface area (Å²) in [6, 6.07) is -1.66. The number of H-pyrrole nitrogens is 1. The molecule has 0 spiro atoms. The molecule has 0 fully saturated rings. The second-order valence-electron chi connectivity index (χ2n) is 4.56. The fourth-order valence-electron chi connectivity index (χ4n) is 1.79. The van der Waals surface area contributed by atoms with E-state index in [-0.39, 0.29) is 6.54 Å². The van der Waals surface area contributed by atoms with Gasteiger partial charge in [-0.3, -0.25) is 4.68 Å². The van der Waals surface area contributed by atoms with Gasteiger partial charge in [0.2, 0.25) is 0 Å². The number of rotatable bonds is 5. The molecule has 112 valence electrons. The van der Waals surface area contributed by atoms with E-state index >= 15 is 0 Å². The minimum atomic E-state index is -1.15. The maximum Gasteiger partial charge on any atom is 0.331 e. The van der Waals surface area contributed by atoms with Crippen molar-refractivity contribution in [3.8, 4) is 0 Å². The molecule has 0 saturated heterocycles. The van der Waals surface area contributed by atoms with Gasteiger partial charge in [0.1, 0.15) is 5.82 Å². The summed E-state index contributed by atoms with van der Waals surface area (Å²) in [5.41, 5.74) is 0.407. The normalized spacial score (nSPS) is 11.9. The number of nitrogens with one attached hydrogen (secondary N) is 2. The van der Waals surface area contributed by atoms with Crippen LogP contribution in [-0.2, 0) is 18.4 Å². The number of carboxylic acids is 1. The second-order valence-corrected chi connectivity index (χ2v) is 4.56. The quantitative estimate of drug-likeness (QED) is 0.723. The van der Waals surface area contributed by atoms with Crippen LogP contribution in [0, 0.1) is 0 Å². The Morgan fingerprint density at radius 3 is 2.86 bits per heavy atom. The van der Waals surface area contributed by atoms with Crippen LogP contribution >= 0.6 is 0 Å². The smallest absolute Gasteiger partial charge is 0.331 e. The minimum absolute atomic E-state index is 0.248. The van der Waals surface area contributed by atoms with E-state index < -0.39 is 18.0 Å². The van der Waals surface area contributed by atoms with Crippen LogP contribution in [0.2, 0.25) is 0 Å². The van der Waals surface area contributed by atoms with Gasteiger partial charge in [0.15, 0.2) is 6.04 Å². The predicted molar refractivity (Wildman–Crippen MR) is 72.2 cm³/mol. The highest BCUT2D eigenvalue weighted by molar-refractivity contribution is 5.83. The van der Waals surface area contributed by atoms with Crippen molar-refractivity contribution in [2.45, 2.75) is 12.6 Å². The van der Waals surface area contributed by atoms with Crippen LogP contribution in [0.15, 0.2) is 24.8 Å². The van der Waals surface area contributed by atoms with Gasteiger partial charge in [0, 0.05) is 38.2 Å². The van der Waals surface area contributed by atoms with Gasteiger partial charge in [-0.2, -0.15) is 5.10 Å². The molecule has 1 atom stereocenters. The van der Waals surface area contributed by atoms with Crippen molar-refractivity contribution in [2.75, 3.05) is 7.05 Å². The van der Waals surface area contributed by atoms with Gasteiger partial charge in [0.25, 0.3) is 0 Å². The fourth-order valence-corrected chi connectivity index (χ4v) is 1.79. The number of nitrogens with zero attached hydrogens (tertiary/aromatic N) is 4. The molecule has 0 aliphatic carbocycles. The molecule has 2 heterocycles. The number of urea groups is 1. The number of amides is 2. The lowest BCUT2D eigenvalue weighted by molar-refractivity contribution is -0.139. The van der Waals surface area contributed by atoms with Crippen LogP contribution in [0.4, 0.5) is 4.79 Å². The van der Waals surface area contributed by atoms with E-state index in [2.05, 4.69) is 20.4 Å². The second kappa shape index (κ2) is 6.07. The average molecular weight is 292 g/mol. The lowest BCUT2D eigenvalue weighted by Crippen LogP contribution is -2.41. The highest BCUT2D eigenvalue weighted by Crippen LogP contribution is 2.12. The Kier molecular flexibility index (Phi) is 4.21. The SMILES string of the molecule is CN(Cc1ncc[nH]1)C(=O)NC(C(=O)O)c1cnn(C)c1. The molecule has 2 rings (SSSR count).